The van der Waals surface area contributed by atoms with Crippen LogP contribution in [0.5, 0.6) is 0 Å². The van der Waals surface area contributed by atoms with Crippen molar-refractivity contribution >= 4 is 8.60 Å². The van der Waals surface area contributed by atoms with E-state index in [-0.39, 0.29) is 25.9 Å². The minimum atomic E-state index is -2.62. The lowest BCUT2D eigenvalue weighted by molar-refractivity contribution is -0.117. The van der Waals surface area contributed by atoms with Gasteiger partial charge in [0, 0.05) is 6.61 Å². The van der Waals surface area contributed by atoms with Crippen LogP contribution in [0, 0.1) is 5.41 Å². The van der Waals surface area contributed by atoms with Gasteiger partial charge in [0.25, 0.3) is 0 Å². The van der Waals surface area contributed by atoms with Crippen LogP contribution in [0.15, 0.2) is 0 Å². The smallest absolute Gasteiger partial charge is 0.324 e. The first-order valence-corrected chi connectivity index (χ1v) is 17.4. The van der Waals surface area contributed by atoms with Crippen molar-refractivity contribution in [1.82, 2.24) is 0 Å². The summed E-state index contributed by atoms with van der Waals surface area (Å²) < 4.78 is 6.17. The highest BCUT2D eigenvalue weighted by molar-refractivity contribution is 7.38. The Morgan fingerprint density at radius 3 is 1.08 bits per heavy atom. The largest absolute Gasteiger partial charge is 0.396 e. The summed E-state index contributed by atoms with van der Waals surface area (Å²) in [5, 5.41) is 29.7. The Hall–Kier alpha value is 0.150. The summed E-state index contributed by atoms with van der Waals surface area (Å²) in [6.07, 6.45) is 29.1. The van der Waals surface area contributed by atoms with Gasteiger partial charge in [-0.25, -0.2) is 0 Å². The molecule has 0 amide bonds. The minimum Gasteiger partial charge on any atom is -0.396 e. The van der Waals surface area contributed by atoms with Crippen LogP contribution in [0.2, 0.25) is 0 Å². The molecular formula is C31H67O7P. The van der Waals surface area contributed by atoms with E-state index in [0.717, 1.165) is 25.7 Å². The van der Waals surface area contributed by atoms with Crippen LogP contribution >= 0.6 is 8.60 Å². The highest BCUT2D eigenvalue weighted by Crippen LogP contribution is 2.28. The van der Waals surface area contributed by atoms with E-state index in [1.807, 2.05) is 0 Å². The molecule has 1 atom stereocenters. The maximum absolute atomic E-state index is 9.92. The molecule has 0 aliphatic rings. The van der Waals surface area contributed by atoms with Crippen LogP contribution < -0.4 is 0 Å². The molecule has 0 saturated carbocycles. The van der Waals surface area contributed by atoms with Crippen molar-refractivity contribution in [2.24, 2.45) is 5.41 Å². The van der Waals surface area contributed by atoms with Gasteiger partial charge in [-0.15, -0.1) is 0 Å². The van der Waals surface area contributed by atoms with Crippen LogP contribution in [0.1, 0.15) is 162 Å². The second-order valence-electron chi connectivity index (χ2n) is 11.3. The van der Waals surface area contributed by atoms with Gasteiger partial charge >= 0.3 is 8.60 Å². The van der Waals surface area contributed by atoms with Crippen molar-refractivity contribution in [2.75, 3.05) is 26.4 Å². The van der Waals surface area contributed by atoms with Crippen molar-refractivity contribution in [2.45, 2.75) is 168 Å². The monoisotopic (exact) mass is 582 g/mol. The Morgan fingerprint density at radius 1 is 0.487 bits per heavy atom. The van der Waals surface area contributed by atoms with Gasteiger partial charge in [0.15, 0.2) is 0 Å². The van der Waals surface area contributed by atoms with E-state index in [1.165, 1.54) is 122 Å². The lowest BCUT2D eigenvalue weighted by Gasteiger charge is -2.36. The normalized spacial score (nSPS) is 12.5. The number of aliphatic hydroxyl groups is 3. The lowest BCUT2D eigenvalue weighted by Crippen LogP contribution is -2.46. The molecule has 0 radical (unpaired) electrons. The zero-order chi connectivity index (χ0) is 29.5. The Bertz CT molecular complexity index is 440. The molecule has 0 bridgehead atoms. The standard InChI is InChI=1S/C31H64O4.H3O3P/c1-3-5-7-9-11-13-15-17-19-21-23-25-30(31(27-32,28-33)29-34)35-26-24-22-20-18-16-14-12-10-8-6-4-2;1-4(2)3/h30,32-34H,3-29H2,1-2H3;1-3H. The predicted molar refractivity (Wildman–Crippen MR) is 165 cm³/mol. The van der Waals surface area contributed by atoms with Crippen LogP contribution in [0.4, 0.5) is 0 Å². The van der Waals surface area contributed by atoms with Crippen molar-refractivity contribution < 1.29 is 34.7 Å². The van der Waals surface area contributed by atoms with Gasteiger partial charge in [0.05, 0.1) is 31.3 Å². The van der Waals surface area contributed by atoms with Crippen molar-refractivity contribution in [3.8, 4) is 0 Å². The molecule has 0 aliphatic heterocycles. The number of rotatable bonds is 29. The summed E-state index contributed by atoms with van der Waals surface area (Å²) in [5.41, 5.74) is -0.934. The van der Waals surface area contributed by atoms with Crippen molar-refractivity contribution in [3.63, 3.8) is 0 Å². The molecule has 7 nitrogen and oxygen atoms in total. The SMILES string of the molecule is CCCCCCCCCCCCCOC(CCCCCCCCCCCCC)C(CO)(CO)CO.OP(O)O. The van der Waals surface area contributed by atoms with E-state index in [1.54, 1.807) is 0 Å². The van der Waals surface area contributed by atoms with Crippen LogP contribution in [0.25, 0.3) is 0 Å². The second kappa shape index (κ2) is 32.7. The first-order chi connectivity index (χ1) is 18.9. The third-order valence-electron chi connectivity index (χ3n) is 7.76. The Morgan fingerprint density at radius 2 is 0.769 bits per heavy atom. The molecule has 8 heteroatoms. The maximum Gasteiger partial charge on any atom is 0.324 e. The van der Waals surface area contributed by atoms with E-state index < -0.39 is 14.0 Å². The fourth-order valence-electron chi connectivity index (χ4n) is 5.01. The van der Waals surface area contributed by atoms with Crippen LogP contribution in [0.3, 0.4) is 0 Å². The number of aliphatic hydroxyl groups excluding tert-OH is 3. The molecule has 0 heterocycles. The molecule has 6 N–H and O–H groups in total. The molecule has 0 aromatic carbocycles. The molecule has 0 aromatic heterocycles. The van der Waals surface area contributed by atoms with E-state index in [9.17, 15) is 15.3 Å². The fraction of sp³-hybridized carbons (Fsp3) is 1.00. The average molecular weight is 583 g/mol. The van der Waals surface area contributed by atoms with E-state index in [2.05, 4.69) is 13.8 Å². The van der Waals surface area contributed by atoms with E-state index in [4.69, 9.17) is 19.4 Å². The molecule has 238 valence electrons. The van der Waals surface area contributed by atoms with Gasteiger partial charge in [0.2, 0.25) is 0 Å². The summed E-state index contributed by atoms with van der Waals surface area (Å²) >= 11 is 0. The number of unbranched alkanes of at least 4 members (excludes halogenated alkanes) is 20. The molecule has 0 aromatic rings. The third-order valence-corrected chi connectivity index (χ3v) is 7.76. The predicted octanol–water partition coefficient (Wildman–Crippen LogP) is 7.54. The number of ether oxygens (including phenoxy) is 1. The van der Waals surface area contributed by atoms with Gasteiger partial charge in [-0.1, -0.05) is 149 Å². The molecule has 39 heavy (non-hydrogen) atoms. The summed E-state index contributed by atoms with van der Waals surface area (Å²) in [6.45, 7) is 4.48. The zero-order valence-corrected chi connectivity index (χ0v) is 26.6. The first-order valence-electron chi connectivity index (χ1n) is 16.2. The molecule has 1 unspecified atom stereocenters. The molecule has 0 spiro atoms. The summed E-state index contributed by atoms with van der Waals surface area (Å²) in [4.78, 5) is 21.7. The van der Waals surface area contributed by atoms with Crippen LogP contribution in [-0.4, -0.2) is 62.5 Å². The average Bonchev–Trinajstić information content (AvgIpc) is 2.92. The quantitative estimate of drug-likeness (QED) is 0.0397. The molecule has 0 saturated heterocycles. The van der Waals surface area contributed by atoms with Gasteiger partial charge in [0.1, 0.15) is 0 Å². The topological polar surface area (TPSA) is 131 Å². The van der Waals surface area contributed by atoms with Crippen molar-refractivity contribution in [3.05, 3.63) is 0 Å². The highest BCUT2D eigenvalue weighted by atomic mass is 31.2. The Kier molecular flexibility index (Phi) is 34.6. The highest BCUT2D eigenvalue weighted by Gasteiger charge is 2.38. The zero-order valence-electron chi connectivity index (χ0n) is 25.7. The van der Waals surface area contributed by atoms with Gasteiger partial charge in [-0.2, -0.15) is 0 Å². The minimum absolute atomic E-state index is 0.235. The summed E-state index contributed by atoms with van der Waals surface area (Å²) in [6, 6.07) is 0. The molecule has 0 rings (SSSR count). The second-order valence-corrected chi connectivity index (χ2v) is 11.9. The lowest BCUT2D eigenvalue weighted by atomic mass is 9.81. The van der Waals surface area contributed by atoms with E-state index >= 15 is 0 Å². The third kappa shape index (κ3) is 28.1. The molecule has 0 fully saturated rings. The van der Waals surface area contributed by atoms with Gasteiger partial charge in [-0.3, -0.25) is 0 Å². The van der Waals surface area contributed by atoms with Gasteiger partial charge in [-0.05, 0) is 12.8 Å². The first kappa shape index (κ1) is 41.3. The maximum atomic E-state index is 9.92. The van der Waals surface area contributed by atoms with Crippen molar-refractivity contribution in [1.29, 1.82) is 0 Å². The summed E-state index contributed by atoms with van der Waals surface area (Å²) in [7, 11) is -2.62. The Balaban J connectivity index is 0. The number of hydrogen-bond donors (Lipinski definition) is 6. The molecular weight excluding hydrogens is 515 g/mol. The van der Waals surface area contributed by atoms with E-state index in [0.29, 0.717) is 6.61 Å². The van der Waals surface area contributed by atoms with Gasteiger partial charge < -0.3 is 34.7 Å². The number of hydrogen-bond acceptors (Lipinski definition) is 7. The molecule has 0 aliphatic carbocycles. The van der Waals surface area contributed by atoms with Crippen LogP contribution in [-0.2, 0) is 4.74 Å². The summed E-state index contributed by atoms with van der Waals surface area (Å²) in [5.74, 6) is 0. The fourth-order valence-corrected chi connectivity index (χ4v) is 5.01. The Labute approximate surface area is 242 Å².